The minimum Gasteiger partial charge on any atom is -0.394 e. The zero-order valence-electron chi connectivity index (χ0n) is 14.4. The number of benzene rings is 2. The van der Waals surface area contributed by atoms with Crippen LogP contribution < -0.4 is 4.90 Å². The lowest BCUT2D eigenvalue weighted by Crippen LogP contribution is -2.33. The minimum absolute atomic E-state index is 0.0111. The number of aliphatic hydroxyl groups excluding tert-OH is 1. The number of rotatable bonds is 3. The van der Waals surface area contributed by atoms with Crippen LogP contribution in [-0.2, 0) is 6.18 Å². The minimum atomic E-state index is -4.42. The molecule has 1 N–H and O–H groups in total. The van der Waals surface area contributed by atoms with E-state index < -0.39 is 11.7 Å². The first kappa shape index (κ1) is 17.7. The van der Waals surface area contributed by atoms with Crippen molar-refractivity contribution in [3.8, 4) is 11.4 Å². The Hall–Kier alpha value is -2.67. The van der Waals surface area contributed by atoms with E-state index in [4.69, 9.17) is 0 Å². The molecule has 140 valence electrons. The number of hydrogen-bond donors (Lipinski definition) is 1. The Morgan fingerprint density at radius 1 is 1.07 bits per heavy atom. The Balaban J connectivity index is 1.88. The third kappa shape index (κ3) is 3.35. The lowest BCUT2D eigenvalue weighted by Gasteiger charge is -2.25. The number of anilines is 1. The molecule has 0 amide bonds. The number of aliphatic hydroxyl groups is 1. The van der Waals surface area contributed by atoms with Crippen LogP contribution >= 0.6 is 0 Å². The molecular formula is C20H18F3N3O. The Morgan fingerprint density at radius 2 is 1.89 bits per heavy atom. The molecule has 1 aliphatic heterocycles. The molecule has 0 saturated carbocycles. The summed E-state index contributed by atoms with van der Waals surface area (Å²) in [6.45, 7) is 0.755. The predicted molar refractivity (Wildman–Crippen MR) is 97.4 cm³/mol. The summed E-state index contributed by atoms with van der Waals surface area (Å²) in [5.74, 6) is 0.906. The van der Waals surface area contributed by atoms with Gasteiger partial charge in [-0.05, 0) is 37.1 Å². The van der Waals surface area contributed by atoms with Crippen molar-refractivity contribution in [3.63, 3.8) is 0 Å². The molecule has 1 saturated heterocycles. The van der Waals surface area contributed by atoms with Crippen molar-refractivity contribution >= 4 is 16.7 Å². The van der Waals surface area contributed by atoms with Crippen LogP contribution in [0.25, 0.3) is 22.3 Å². The highest BCUT2D eigenvalue weighted by Gasteiger charge is 2.31. The highest BCUT2D eigenvalue weighted by molar-refractivity contribution is 5.91. The third-order valence-corrected chi connectivity index (χ3v) is 4.89. The van der Waals surface area contributed by atoms with Crippen LogP contribution in [0.5, 0.6) is 0 Å². The summed E-state index contributed by atoms with van der Waals surface area (Å²) in [4.78, 5) is 11.1. The molecule has 2 aromatic carbocycles. The van der Waals surface area contributed by atoms with Crippen molar-refractivity contribution in [2.75, 3.05) is 18.1 Å². The van der Waals surface area contributed by atoms with Gasteiger partial charge in [-0.1, -0.05) is 24.3 Å². The van der Waals surface area contributed by atoms with E-state index in [0.717, 1.165) is 36.9 Å². The third-order valence-electron chi connectivity index (χ3n) is 4.89. The van der Waals surface area contributed by atoms with Crippen LogP contribution in [0.15, 0.2) is 48.5 Å². The van der Waals surface area contributed by atoms with E-state index in [2.05, 4.69) is 9.97 Å². The molecule has 1 aromatic heterocycles. The van der Waals surface area contributed by atoms with Gasteiger partial charge in [-0.15, -0.1) is 0 Å². The average Bonchev–Trinajstić information content (AvgIpc) is 3.15. The molecule has 0 aliphatic carbocycles. The Morgan fingerprint density at radius 3 is 2.67 bits per heavy atom. The monoisotopic (exact) mass is 373 g/mol. The summed E-state index contributed by atoms with van der Waals surface area (Å²) in [6.07, 6.45) is -2.64. The maximum atomic E-state index is 13.1. The maximum Gasteiger partial charge on any atom is 0.416 e. The van der Waals surface area contributed by atoms with Gasteiger partial charge in [-0.2, -0.15) is 13.2 Å². The van der Waals surface area contributed by atoms with E-state index in [1.54, 1.807) is 6.07 Å². The van der Waals surface area contributed by atoms with Gasteiger partial charge < -0.3 is 10.0 Å². The van der Waals surface area contributed by atoms with E-state index in [0.29, 0.717) is 16.9 Å². The van der Waals surface area contributed by atoms with Crippen LogP contribution in [0.3, 0.4) is 0 Å². The summed E-state index contributed by atoms with van der Waals surface area (Å²) in [5, 5.41) is 10.5. The summed E-state index contributed by atoms with van der Waals surface area (Å²) in [7, 11) is 0. The van der Waals surface area contributed by atoms with Gasteiger partial charge >= 0.3 is 6.18 Å². The van der Waals surface area contributed by atoms with Crippen molar-refractivity contribution in [2.24, 2.45) is 0 Å². The molecule has 4 rings (SSSR count). The van der Waals surface area contributed by atoms with Crippen LogP contribution in [0.2, 0.25) is 0 Å². The lowest BCUT2D eigenvalue weighted by molar-refractivity contribution is -0.137. The van der Waals surface area contributed by atoms with E-state index in [1.165, 1.54) is 6.07 Å². The standard InChI is InChI=1S/C20H18F3N3O/c21-20(22,23)14-6-3-5-13(11-14)18-24-17-9-2-1-8-16(17)19(25-18)26-10-4-7-15(26)12-27/h1-3,5-6,8-9,11,15,27H,4,7,10,12H2/t15-/m0/s1. The summed E-state index contributed by atoms with van der Waals surface area (Å²) in [6, 6.07) is 12.4. The summed E-state index contributed by atoms with van der Waals surface area (Å²) < 4.78 is 39.2. The van der Waals surface area contributed by atoms with E-state index in [1.807, 2.05) is 29.2 Å². The fraction of sp³-hybridized carbons (Fsp3) is 0.300. The molecule has 2 heterocycles. The fourth-order valence-corrected chi connectivity index (χ4v) is 3.55. The van der Waals surface area contributed by atoms with Crippen LogP contribution in [0, 0.1) is 0 Å². The SMILES string of the molecule is OC[C@@H]1CCCN1c1nc(-c2cccc(C(F)(F)F)c2)nc2ccccc12. The largest absolute Gasteiger partial charge is 0.416 e. The second kappa shape index (κ2) is 6.81. The summed E-state index contributed by atoms with van der Waals surface area (Å²) >= 11 is 0. The van der Waals surface area contributed by atoms with E-state index in [9.17, 15) is 18.3 Å². The van der Waals surface area contributed by atoms with Crippen molar-refractivity contribution < 1.29 is 18.3 Å². The molecule has 0 spiro atoms. The molecule has 0 bridgehead atoms. The quantitative estimate of drug-likeness (QED) is 0.745. The number of halogens is 3. The fourth-order valence-electron chi connectivity index (χ4n) is 3.55. The molecule has 1 aliphatic rings. The second-order valence-electron chi connectivity index (χ2n) is 6.64. The molecule has 4 nitrogen and oxygen atoms in total. The van der Waals surface area contributed by atoms with Crippen LogP contribution in [-0.4, -0.2) is 34.3 Å². The number of aromatic nitrogens is 2. The molecular weight excluding hydrogens is 355 g/mol. The molecule has 0 unspecified atom stereocenters. The van der Waals surface area contributed by atoms with Gasteiger partial charge in [-0.3, -0.25) is 0 Å². The molecule has 0 radical (unpaired) electrons. The van der Waals surface area contributed by atoms with E-state index in [-0.39, 0.29) is 18.5 Å². The molecule has 1 atom stereocenters. The van der Waals surface area contributed by atoms with Crippen molar-refractivity contribution in [1.29, 1.82) is 0 Å². The smallest absolute Gasteiger partial charge is 0.394 e. The van der Waals surface area contributed by atoms with Gasteiger partial charge in [0.15, 0.2) is 5.82 Å². The number of para-hydroxylation sites is 1. The Kier molecular flexibility index (Phi) is 4.47. The Bertz CT molecular complexity index is 974. The van der Waals surface area contributed by atoms with Gasteiger partial charge in [0.05, 0.1) is 23.7 Å². The van der Waals surface area contributed by atoms with Crippen molar-refractivity contribution in [3.05, 3.63) is 54.1 Å². The van der Waals surface area contributed by atoms with Gasteiger partial charge in [-0.25, -0.2) is 9.97 Å². The highest BCUT2D eigenvalue weighted by Crippen LogP contribution is 2.34. The lowest BCUT2D eigenvalue weighted by atomic mass is 10.1. The normalized spacial score (nSPS) is 17.6. The predicted octanol–water partition coefficient (Wildman–Crippen LogP) is 4.28. The molecule has 3 aromatic rings. The van der Waals surface area contributed by atoms with Crippen molar-refractivity contribution in [2.45, 2.75) is 25.1 Å². The highest BCUT2D eigenvalue weighted by atomic mass is 19.4. The van der Waals surface area contributed by atoms with Gasteiger partial charge in [0, 0.05) is 17.5 Å². The summed E-state index contributed by atoms with van der Waals surface area (Å²) in [5.41, 5.74) is 0.253. The number of nitrogens with zero attached hydrogens (tertiary/aromatic N) is 3. The maximum absolute atomic E-state index is 13.1. The second-order valence-corrected chi connectivity index (χ2v) is 6.64. The topological polar surface area (TPSA) is 49.2 Å². The van der Waals surface area contributed by atoms with E-state index >= 15 is 0 Å². The number of alkyl halides is 3. The van der Waals surface area contributed by atoms with Gasteiger partial charge in [0.1, 0.15) is 5.82 Å². The number of hydrogen-bond acceptors (Lipinski definition) is 4. The van der Waals surface area contributed by atoms with Gasteiger partial charge in [0.2, 0.25) is 0 Å². The Labute approximate surface area is 154 Å². The molecule has 7 heteroatoms. The first-order valence-corrected chi connectivity index (χ1v) is 8.79. The van der Waals surface area contributed by atoms with Crippen LogP contribution in [0.4, 0.5) is 19.0 Å². The zero-order valence-corrected chi connectivity index (χ0v) is 14.4. The first-order chi connectivity index (χ1) is 13.0. The molecule has 1 fully saturated rings. The van der Waals surface area contributed by atoms with Crippen molar-refractivity contribution in [1.82, 2.24) is 9.97 Å². The zero-order chi connectivity index (χ0) is 19.0. The number of fused-ring (bicyclic) bond motifs is 1. The van der Waals surface area contributed by atoms with Gasteiger partial charge in [0.25, 0.3) is 0 Å². The molecule has 27 heavy (non-hydrogen) atoms. The average molecular weight is 373 g/mol. The van der Waals surface area contributed by atoms with Crippen LogP contribution in [0.1, 0.15) is 18.4 Å². The first-order valence-electron chi connectivity index (χ1n) is 8.79.